The second kappa shape index (κ2) is 8.39. The van der Waals surface area contributed by atoms with Crippen molar-refractivity contribution in [3.63, 3.8) is 0 Å². The van der Waals surface area contributed by atoms with Crippen LogP contribution < -0.4 is 0 Å². The van der Waals surface area contributed by atoms with Crippen molar-refractivity contribution in [2.45, 2.75) is 71.2 Å². The summed E-state index contributed by atoms with van der Waals surface area (Å²) in [5.74, 6) is 2.40. The van der Waals surface area contributed by atoms with Gasteiger partial charge in [-0.25, -0.2) is 0 Å². The first-order valence-electron chi connectivity index (χ1n) is 10.4. The maximum atomic E-state index is 13.1. The normalized spacial score (nSPS) is 23.3. The lowest BCUT2D eigenvalue weighted by molar-refractivity contribution is -0.151. The van der Waals surface area contributed by atoms with Gasteiger partial charge in [-0.1, -0.05) is 26.7 Å². The van der Waals surface area contributed by atoms with Gasteiger partial charge in [-0.15, -0.1) is 10.2 Å². The van der Waals surface area contributed by atoms with E-state index in [-0.39, 0.29) is 18.1 Å². The maximum absolute atomic E-state index is 13.1. The highest BCUT2D eigenvalue weighted by molar-refractivity contribution is 5.81. The van der Waals surface area contributed by atoms with E-state index in [4.69, 9.17) is 4.74 Å². The number of fused-ring (bicyclic) bond motifs is 1. The van der Waals surface area contributed by atoms with Crippen LogP contribution in [0, 0.1) is 5.92 Å². The topological polar surface area (TPSA) is 73.1 Å². The number of nitrogens with zero attached hydrogens (tertiary/aromatic N) is 5. The van der Waals surface area contributed by atoms with E-state index in [2.05, 4.69) is 26.7 Å². The highest BCUT2D eigenvalue weighted by atomic mass is 16.5. The summed E-state index contributed by atoms with van der Waals surface area (Å²) in [6.45, 7) is 6.12. The minimum absolute atomic E-state index is 0.0814. The Balaban J connectivity index is 1.43. The van der Waals surface area contributed by atoms with Gasteiger partial charge < -0.3 is 14.2 Å². The first-order valence-corrected chi connectivity index (χ1v) is 10.4. The standard InChI is InChI=1S/C21H29N5O2/c1-3-18(28-17-8-4-6-15(2)12-17)21(27)25-10-11-26-19(14-25)23-24-20(26)16-7-5-9-22-13-16/h5,7,9,13,15,17-18H,3-4,6,8,10-12,14H2,1-2H3. The van der Waals surface area contributed by atoms with Crippen molar-refractivity contribution < 1.29 is 9.53 Å². The van der Waals surface area contributed by atoms with Crippen LogP contribution in [0.5, 0.6) is 0 Å². The summed E-state index contributed by atoms with van der Waals surface area (Å²) in [7, 11) is 0. The Morgan fingerprint density at radius 3 is 2.96 bits per heavy atom. The molecule has 2 aromatic rings. The lowest BCUT2D eigenvalue weighted by Gasteiger charge is -2.34. The third-order valence-electron chi connectivity index (χ3n) is 5.88. The van der Waals surface area contributed by atoms with Gasteiger partial charge in [-0.05, 0) is 37.3 Å². The van der Waals surface area contributed by atoms with Crippen molar-refractivity contribution in [3.05, 3.63) is 30.4 Å². The fourth-order valence-corrected chi connectivity index (χ4v) is 4.32. The van der Waals surface area contributed by atoms with Gasteiger partial charge in [0.05, 0.1) is 12.6 Å². The van der Waals surface area contributed by atoms with Crippen molar-refractivity contribution in [1.29, 1.82) is 0 Å². The molecule has 1 fully saturated rings. The predicted octanol–water partition coefficient (Wildman–Crippen LogP) is 3.06. The van der Waals surface area contributed by atoms with Crippen LogP contribution in [0.25, 0.3) is 11.4 Å². The van der Waals surface area contributed by atoms with Crippen LogP contribution in [0.1, 0.15) is 51.8 Å². The van der Waals surface area contributed by atoms with Crippen molar-refractivity contribution in [2.24, 2.45) is 5.92 Å². The minimum atomic E-state index is -0.359. The zero-order valence-electron chi connectivity index (χ0n) is 16.8. The third kappa shape index (κ3) is 3.94. The molecule has 0 spiro atoms. The monoisotopic (exact) mass is 383 g/mol. The van der Waals surface area contributed by atoms with Crippen LogP contribution in [0.15, 0.2) is 24.5 Å². The van der Waals surface area contributed by atoms with E-state index in [9.17, 15) is 4.79 Å². The Kier molecular flexibility index (Phi) is 5.71. The molecule has 0 radical (unpaired) electrons. The Morgan fingerprint density at radius 2 is 2.21 bits per heavy atom. The van der Waals surface area contributed by atoms with E-state index < -0.39 is 0 Å². The molecule has 1 aliphatic heterocycles. The molecule has 1 aliphatic carbocycles. The van der Waals surface area contributed by atoms with E-state index in [1.165, 1.54) is 12.8 Å². The molecule has 0 saturated heterocycles. The lowest BCUT2D eigenvalue weighted by Crippen LogP contribution is -2.45. The van der Waals surface area contributed by atoms with Gasteiger partial charge in [0.1, 0.15) is 6.10 Å². The number of amides is 1. The number of carbonyl (C=O) groups is 1. The Bertz CT molecular complexity index is 806. The Morgan fingerprint density at radius 1 is 1.32 bits per heavy atom. The summed E-state index contributed by atoms with van der Waals surface area (Å²) in [6.07, 6.45) is 8.69. The Hall–Kier alpha value is -2.28. The van der Waals surface area contributed by atoms with Gasteiger partial charge in [-0.3, -0.25) is 9.78 Å². The van der Waals surface area contributed by atoms with E-state index in [0.717, 1.165) is 30.1 Å². The molecule has 0 aromatic carbocycles. The van der Waals surface area contributed by atoms with Gasteiger partial charge >= 0.3 is 0 Å². The van der Waals surface area contributed by atoms with E-state index in [1.807, 2.05) is 24.0 Å². The number of ether oxygens (including phenoxy) is 1. The number of aromatic nitrogens is 4. The van der Waals surface area contributed by atoms with Crippen LogP contribution >= 0.6 is 0 Å². The van der Waals surface area contributed by atoms with Gasteiger partial charge in [0.2, 0.25) is 0 Å². The van der Waals surface area contributed by atoms with Crippen LogP contribution in [-0.4, -0.2) is 49.3 Å². The first kappa shape index (κ1) is 19.1. The van der Waals surface area contributed by atoms with Gasteiger partial charge in [0, 0.05) is 31.0 Å². The molecule has 3 atom stereocenters. The van der Waals surface area contributed by atoms with E-state index in [0.29, 0.717) is 32.0 Å². The van der Waals surface area contributed by atoms with E-state index in [1.54, 1.807) is 12.4 Å². The minimum Gasteiger partial charge on any atom is -0.365 e. The lowest BCUT2D eigenvalue weighted by atomic mass is 9.88. The zero-order valence-corrected chi connectivity index (χ0v) is 16.8. The van der Waals surface area contributed by atoms with Gasteiger partial charge in [0.15, 0.2) is 11.6 Å². The summed E-state index contributed by atoms with van der Waals surface area (Å²) < 4.78 is 8.33. The molecule has 2 aliphatic rings. The Labute approximate surface area is 166 Å². The van der Waals surface area contributed by atoms with Crippen LogP contribution in [0.2, 0.25) is 0 Å². The average molecular weight is 383 g/mol. The summed E-state index contributed by atoms with van der Waals surface area (Å²) in [5, 5.41) is 8.66. The summed E-state index contributed by atoms with van der Waals surface area (Å²) in [4.78, 5) is 19.1. The highest BCUT2D eigenvalue weighted by Gasteiger charge is 2.31. The summed E-state index contributed by atoms with van der Waals surface area (Å²) in [6, 6.07) is 3.87. The fraction of sp³-hybridized carbons (Fsp3) is 0.619. The molecule has 3 unspecified atom stereocenters. The molecule has 1 amide bonds. The van der Waals surface area contributed by atoms with Crippen LogP contribution in [-0.2, 0) is 22.6 Å². The molecule has 28 heavy (non-hydrogen) atoms. The van der Waals surface area contributed by atoms with Gasteiger partial charge in [-0.2, -0.15) is 0 Å². The quantitative estimate of drug-likeness (QED) is 0.793. The van der Waals surface area contributed by atoms with Crippen molar-refractivity contribution in [1.82, 2.24) is 24.6 Å². The smallest absolute Gasteiger partial charge is 0.252 e. The number of hydrogen-bond donors (Lipinski definition) is 0. The molecule has 3 heterocycles. The second-order valence-corrected chi connectivity index (χ2v) is 8.02. The molecule has 0 N–H and O–H groups in total. The highest BCUT2D eigenvalue weighted by Crippen LogP contribution is 2.28. The first-order chi connectivity index (χ1) is 13.7. The SMILES string of the molecule is CCC(OC1CCCC(C)C1)C(=O)N1CCn2c(nnc2-c2cccnc2)C1. The summed E-state index contributed by atoms with van der Waals surface area (Å²) >= 11 is 0. The third-order valence-corrected chi connectivity index (χ3v) is 5.88. The van der Waals surface area contributed by atoms with Crippen LogP contribution in [0.4, 0.5) is 0 Å². The predicted molar refractivity (Wildman–Crippen MR) is 105 cm³/mol. The number of pyridine rings is 1. The number of hydrogen-bond acceptors (Lipinski definition) is 5. The molecule has 2 aromatic heterocycles. The van der Waals surface area contributed by atoms with Crippen molar-refractivity contribution >= 4 is 5.91 Å². The van der Waals surface area contributed by atoms with Gasteiger partial charge in [0.25, 0.3) is 5.91 Å². The molecule has 0 bridgehead atoms. The average Bonchev–Trinajstić information content (AvgIpc) is 3.15. The molecule has 4 rings (SSSR count). The molecular weight excluding hydrogens is 354 g/mol. The largest absolute Gasteiger partial charge is 0.365 e. The molecule has 7 heteroatoms. The number of carbonyl (C=O) groups excluding carboxylic acids is 1. The summed E-state index contributed by atoms with van der Waals surface area (Å²) in [5.41, 5.74) is 0.946. The number of rotatable bonds is 5. The zero-order chi connectivity index (χ0) is 19.5. The molecule has 1 saturated carbocycles. The van der Waals surface area contributed by atoms with Crippen molar-refractivity contribution in [3.8, 4) is 11.4 Å². The fourth-order valence-electron chi connectivity index (χ4n) is 4.32. The van der Waals surface area contributed by atoms with Crippen molar-refractivity contribution in [2.75, 3.05) is 6.54 Å². The molecule has 7 nitrogen and oxygen atoms in total. The second-order valence-electron chi connectivity index (χ2n) is 8.02. The maximum Gasteiger partial charge on any atom is 0.252 e. The molecule has 150 valence electrons. The van der Waals surface area contributed by atoms with Crippen LogP contribution in [0.3, 0.4) is 0 Å². The molecular formula is C21H29N5O2. The van der Waals surface area contributed by atoms with E-state index >= 15 is 0 Å².